The fourth-order valence-electron chi connectivity index (χ4n) is 2.93. The van der Waals surface area contributed by atoms with E-state index in [1.54, 1.807) is 17.4 Å². The van der Waals surface area contributed by atoms with Crippen molar-refractivity contribution in [3.8, 4) is 6.07 Å². The first-order valence-electron chi connectivity index (χ1n) is 8.41. The smallest absolute Gasteiger partial charge is 0.254 e. The number of carbonyl (C=O) groups is 1. The molecular weight excluding hydrogens is 374 g/mol. The predicted molar refractivity (Wildman–Crippen MR) is 113 cm³/mol. The van der Waals surface area contributed by atoms with Gasteiger partial charge in [0.05, 0.1) is 22.6 Å². The van der Waals surface area contributed by atoms with E-state index in [-0.39, 0.29) is 11.8 Å². The quantitative estimate of drug-likeness (QED) is 0.678. The molecule has 3 rings (SSSR count). The Labute approximate surface area is 167 Å². The van der Waals surface area contributed by atoms with Gasteiger partial charge >= 0.3 is 0 Å². The zero-order chi connectivity index (χ0) is 19.2. The van der Waals surface area contributed by atoms with Crippen molar-refractivity contribution in [2.75, 3.05) is 11.1 Å². The standard InChI is InChI=1S/C21H19N3OS2/c1-3-11-27-21-16(13-22)19(17-10-7-12-26-17)18(14(2)23-21)20(25)24-15-8-5-4-6-9-15/h3-10,12,19,23H,1,11H2,2H3,(H,24,25)/t19-/m1/s1. The number of nitrogens with one attached hydrogen (secondary N) is 2. The molecule has 1 atom stereocenters. The molecule has 1 aliphatic heterocycles. The molecule has 2 heterocycles. The first kappa shape index (κ1) is 19.0. The van der Waals surface area contributed by atoms with E-state index in [1.165, 1.54) is 11.8 Å². The minimum Gasteiger partial charge on any atom is -0.353 e. The number of rotatable bonds is 6. The van der Waals surface area contributed by atoms with Crippen LogP contribution in [0.25, 0.3) is 0 Å². The van der Waals surface area contributed by atoms with Gasteiger partial charge in [0.15, 0.2) is 0 Å². The SMILES string of the molecule is C=CCSC1=C(C#N)[C@H](c2cccs2)C(C(=O)Nc2ccccc2)=C(C)N1. The van der Waals surface area contributed by atoms with Gasteiger partial charge in [0.2, 0.25) is 0 Å². The van der Waals surface area contributed by atoms with Gasteiger partial charge in [0.1, 0.15) is 0 Å². The molecule has 136 valence electrons. The summed E-state index contributed by atoms with van der Waals surface area (Å²) in [6.07, 6.45) is 1.80. The zero-order valence-electron chi connectivity index (χ0n) is 14.9. The van der Waals surface area contributed by atoms with Crippen LogP contribution in [-0.4, -0.2) is 11.7 Å². The van der Waals surface area contributed by atoms with Crippen molar-refractivity contribution in [1.82, 2.24) is 5.32 Å². The van der Waals surface area contributed by atoms with E-state index < -0.39 is 0 Å². The molecule has 2 aromatic rings. The summed E-state index contributed by atoms with van der Waals surface area (Å²) >= 11 is 3.07. The third kappa shape index (κ3) is 4.16. The molecule has 4 nitrogen and oxygen atoms in total. The van der Waals surface area contributed by atoms with E-state index in [4.69, 9.17) is 0 Å². The maximum Gasteiger partial charge on any atom is 0.254 e. The topological polar surface area (TPSA) is 64.9 Å². The number of amides is 1. The van der Waals surface area contributed by atoms with Crippen molar-refractivity contribution in [1.29, 1.82) is 5.26 Å². The number of anilines is 1. The summed E-state index contributed by atoms with van der Waals surface area (Å²) in [5.74, 6) is 0.0983. The highest BCUT2D eigenvalue weighted by Crippen LogP contribution is 2.42. The maximum atomic E-state index is 13.1. The van der Waals surface area contributed by atoms with Crippen LogP contribution in [0.15, 0.2) is 82.4 Å². The van der Waals surface area contributed by atoms with Crippen molar-refractivity contribution in [3.63, 3.8) is 0 Å². The van der Waals surface area contributed by atoms with Crippen LogP contribution >= 0.6 is 23.1 Å². The highest BCUT2D eigenvalue weighted by Gasteiger charge is 2.35. The van der Waals surface area contributed by atoms with E-state index >= 15 is 0 Å². The van der Waals surface area contributed by atoms with Gasteiger partial charge in [0, 0.05) is 27.6 Å². The Morgan fingerprint density at radius 1 is 1.37 bits per heavy atom. The number of nitriles is 1. The number of dihydropyridines is 1. The minimum absolute atomic E-state index is 0.204. The van der Waals surface area contributed by atoms with Gasteiger partial charge in [-0.05, 0) is 30.5 Å². The van der Waals surface area contributed by atoms with Gasteiger partial charge in [0.25, 0.3) is 5.91 Å². The van der Waals surface area contributed by atoms with Crippen LogP contribution in [0.2, 0.25) is 0 Å². The molecule has 27 heavy (non-hydrogen) atoms. The number of nitrogens with zero attached hydrogens (tertiary/aromatic N) is 1. The van der Waals surface area contributed by atoms with Crippen LogP contribution in [0.1, 0.15) is 17.7 Å². The molecule has 0 aliphatic carbocycles. The Balaban J connectivity index is 2.02. The predicted octanol–water partition coefficient (Wildman–Crippen LogP) is 5.00. The summed E-state index contributed by atoms with van der Waals surface area (Å²) in [5, 5.41) is 18.8. The number of thiophene rings is 1. The average molecular weight is 394 g/mol. The number of carbonyl (C=O) groups excluding carboxylic acids is 1. The fraction of sp³-hybridized carbons (Fsp3) is 0.143. The lowest BCUT2D eigenvalue weighted by molar-refractivity contribution is -0.113. The second-order valence-corrected chi connectivity index (χ2v) is 7.90. The third-order valence-electron chi connectivity index (χ3n) is 4.10. The van der Waals surface area contributed by atoms with Crippen molar-refractivity contribution in [2.45, 2.75) is 12.8 Å². The second kappa shape index (κ2) is 8.76. The van der Waals surface area contributed by atoms with Gasteiger partial charge in [-0.25, -0.2) is 0 Å². The summed E-state index contributed by atoms with van der Waals surface area (Å²) < 4.78 is 0. The van der Waals surface area contributed by atoms with Crippen LogP contribution in [0.3, 0.4) is 0 Å². The first-order valence-corrected chi connectivity index (χ1v) is 10.3. The van der Waals surface area contributed by atoms with Crippen molar-refractivity contribution in [2.24, 2.45) is 0 Å². The highest BCUT2D eigenvalue weighted by atomic mass is 32.2. The van der Waals surface area contributed by atoms with E-state index in [0.717, 1.165) is 21.3 Å². The number of thioether (sulfide) groups is 1. The number of hydrogen-bond donors (Lipinski definition) is 2. The van der Waals surface area contributed by atoms with Crippen LogP contribution in [0.5, 0.6) is 0 Å². The Kier molecular flexibility index (Phi) is 6.17. The molecule has 0 spiro atoms. The number of hydrogen-bond acceptors (Lipinski definition) is 5. The van der Waals surface area contributed by atoms with Crippen LogP contribution in [0.4, 0.5) is 5.69 Å². The molecule has 0 unspecified atom stereocenters. The van der Waals surface area contributed by atoms with Gasteiger partial charge in [-0.2, -0.15) is 5.26 Å². The number of allylic oxidation sites excluding steroid dienone is 2. The Hall–Kier alpha value is -2.75. The molecule has 1 aromatic carbocycles. The number of benzene rings is 1. The van der Waals surface area contributed by atoms with Crippen LogP contribution in [-0.2, 0) is 4.79 Å². The largest absolute Gasteiger partial charge is 0.353 e. The first-order chi connectivity index (χ1) is 13.2. The Bertz CT molecular complexity index is 938. The number of para-hydroxylation sites is 1. The van der Waals surface area contributed by atoms with Gasteiger partial charge in [-0.3, -0.25) is 4.79 Å². The van der Waals surface area contributed by atoms with E-state index in [0.29, 0.717) is 16.9 Å². The summed E-state index contributed by atoms with van der Waals surface area (Å²) in [4.78, 5) is 14.1. The van der Waals surface area contributed by atoms with E-state index in [9.17, 15) is 10.1 Å². The van der Waals surface area contributed by atoms with Crippen molar-refractivity contribution in [3.05, 3.63) is 87.2 Å². The maximum absolute atomic E-state index is 13.1. The lowest BCUT2D eigenvalue weighted by Gasteiger charge is -2.29. The van der Waals surface area contributed by atoms with Crippen molar-refractivity contribution >= 4 is 34.7 Å². The molecule has 2 N–H and O–H groups in total. The molecule has 0 saturated carbocycles. The highest BCUT2D eigenvalue weighted by molar-refractivity contribution is 8.03. The summed E-state index contributed by atoms with van der Waals surface area (Å²) in [6, 6.07) is 15.6. The second-order valence-electron chi connectivity index (χ2n) is 5.89. The molecule has 6 heteroatoms. The van der Waals surface area contributed by atoms with E-state index in [1.807, 2.05) is 54.8 Å². The van der Waals surface area contributed by atoms with Gasteiger partial charge < -0.3 is 10.6 Å². The van der Waals surface area contributed by atoms with Gasteiger partial charge in [-0.1, -0.05) is 30.3 Å². The molecule has 0 bridgehead atoms. The molecule has 1 amide bonds. The Morgan fingerprint density at radius 2 is 2.15 bits per heavy atom. The fourth-order valence-corrected chi connectivity index (χ4v) is 4.60. The van der Waals surface area contributed by atoms with Crippen molar-refractivity contribution < 1.29 is 4.79 Å². The zero-order valence-corrected chi connectivity index (χ0v) is 16.5. The molecule has 1 aromatic heterocycles. The summed E-state index contributed by atoms with van der Waals surface area (Å²) in [7, 11) is 0. The molecular formula is C21H19N3OS2. The normalized spacial score (nSPS) is 16.5. The lowest BCUT2D eigenvalue weighted by atomic mass is 9.86. The average Bonchev–Trinajstić information content (AvgIpc) is 3.20. The van der Waals surface area contributed by atoms with Gasteiger partial charge in [-0.15, -0.1) is 29.7 Å². The van der Waals surface area contributed by atoms with Crippen LogP contribution < -0.4 is 10.6 Å². The van der Waals surface area contributed by atoms with E-state index in [2.05, 4.69) is 23.3 Å². The molecule has 0 saturated heterocycles. The lowest BCUT2D eigenvalue weighted by Crippen LogP contribution is -2.30. The summed E-state index contributed by atoms with van der Waals surface area (Å²) in [6.45, 7) is 5.62. The third-order valence-corrected chi connectivity index (χ3v) is 6.05. The molecule has 0 radical (unpaired) electrons. The van der Waals surface area contributed by atoms with Crippen LogP contribution in [0, 0.1) is 11.3 Å². The summed E-state index contributed by atoms with van der Waals surface area (Å²) in [5.41, 5.74) is 2.61. The molecule has 1 aliphatic rings. The molecule has 0 fully saturated rings. The monoisotopic (exact) mass is 393 g/mol. The Morgan fingerprint density at radius 3 is 2.78 bits per heavy atom. The minimum atomic E-state index is -0.382.